The van der Waals surface area contributed by atoms with E-state index >= 15 is 0 Å². The van der Waals surface area contributed by atoms with Crippen molar-refractivity contribution in [3.05, 3.63) is 78.2 Å². The van der Waals surface area contributed by atoms with Crippen LogP contribution in [0.1, 0.15) is 37.0 Å². The highest BCUT2D eigenvalue weighted by atomic mass is 32.2. The van der Waals surface area contributed by atoms with Gasteiger partial charge in [-0.15, -0.1) is 10.2 Å². The summed E-state index contributed by atoms with van der Waals surface area (Å²) in [6, 6.07) is 19.2. The highest BCUT2D eigenvalue weighted by molar-refractivity contribution is 8.01. The third-order valence-electron chi connectivity index (χ3n) is 4.25. The lowest BCUT2D eigenvalue weighted by atomic mass is 9.95. The molecule has 0 bridgehead atoms. The van der Waals surface area contributed by atoms with E-state index in [1.54, 1.807) is 18.3 Å². The average molecular weight is 436 g/mol. The number of hydrogen-bond donors (Lipinski definition) is 1. The number of thiazole rings is 1. The third-order valence-corrected chi connectivity index (χ3v) is 6.19. The first-order valence-electron chi connectivity index (χ1n) is 9.43. The van der Waals surface area contributed by atoms with Gasteiger partial charge in [-0.05, 0) is 36.0 Å². The van der Waals surface area contributed by atoms with Crippen LogP contribution in [-0.2, 0) is 5.41 Å². The predicted octanol–water partition coefficient (Wildman–Crippen LogP) is 5.42. The predicted molar refractivity (Wildman–Crippen MR) is 121 cm³/mol. The van der Waals surface area contributed by atoms with E-state index < -0.39 is 0 Å². The van der Waals surface area contributed by atoms with Crippen molar-refractivity contribution in [2.45, 2.75) is 35.7 Å². The summed E-state index contributed by atoms with van der Waals surface area (Å²) in [7, 11) is 0. The Morgan fingerprint density at radius 2 is 1.67 bits per heavy atom. The molecular weight excluding hydrogens is 414 g/mol. The Morgan fingerprint density at radius 3 is 2.33 bits per heavy atom. The molecule has 0 saturated heterocycles. The summed E-state index contributed by atoms with van der Waals surface area (Å²) in [5.41, 5.74) is 1.45. The average Bonchev–Trinajstić information content (AvgIpc) is 3.36. The fourth-order valence-electron chi connectivity index (χ4n) is 2.85. The first kappa shape index (κ1) is 20.3. The molecule has 0 saturated carbocycles. The van der Waals surface area contributed by atoms with Crippen molar-refractivity contribution in [2.24, 2.45) is 0 Å². The minimum absolute atomic E-state index is 0.154. The first-order chi connectivity index (χ1) is 14.4. The molecule has 0 aliphatic rings. The molecule has 0 spiro atoms. The second-order valence-corrected chi connectivity index (χ2v) is 9.88. The lowest BCUT2D eigenvalue weighted by Gasteiger charge is -2.19. The number of aromatic nitrogens is 4. The van der Waals surface area contributed by atoms with Crippen molar-refractivity contribution in [3.8, 4) is 5.69 Å². The van der Waals surface area contributed by atoms with Gasteiger partial charge < -0.3 is 5.32 Å². The molecule has 152 valence electrons. The minimum Gasteiger partial charge on any atom is -0.312 e. The molecule has 2 aromatic carbocycles. The zero-order valence-electron chi connectivity index (χ0n) is 16.9. The van der Waals surface area contributed by atoms with Crippen molar-refractivity contribution < 1.29 is 4.79 Å². The van der Waals surface area contributed by atoms with Gasteiger partial charge in [0, 0.05) is 16.7 Å². The van der Waals surface area contributed by atoms with Gasteiger partial charge in [-0.25, -0.2) is 4.98 Å². The summed E-state index contributed by atoms with van der Waals surface area (Å²) in [6.45, 7) is 6.35. The molecule has 0 aliphatic carbocycles. The lowest BCUT2D eigenvalue weighted by Crippen LogP contribution is -2.18. The summed E-state index contributed by atoms with van der Waals surface area (Å²) in [5, 5.41) is 13.2. The van der Waals surface area contributed by atoms with Crippen LogP contribution in [0.4, 0.5) is 5.00 Å². The molecule has 2 aromatic heterocycles. The van der Waals surface area contributed by atoms with Crippen LogP contribution in [0.2, 0.25) is 0 Å². The molecule has 6 nitrogen and oxygen atoms in total. The number of anilines is 1. The summed E-state index contributed by atoms with van der Waals surface area (Å²) in [5.74, 6) is 0.726. The zero-order valence-corrected chi connectivity index (χ0v) is 18.5. The van der Waals surface area contributed by atoms with E-state index in [0.717, 1.165) is 21.0 Å². The topological polar surface area (TPSA) is 72.7 Å². The summed E-state index contributed by atoms with van der Waals surface area (Å²) < 4.78 is 2.84. The van der Waals surface area contributed by atoms with Gasteiger partial charge in [0.15, 0.2) is 4.34 Å². The Balaban J connectivity index is 1.58. The number of amides is 1. The van der Waals surface area contributed by atoms with E-state index in [1.807, 2.05) is 48.5 Å². The van der Waals surface area contributed by atoms with E-state index in [9.17, 15) is 4.79 Å². The Kier molecular flexibility index (Phi) is 5.69. The van der Waals surface area contributed by atoms with E-state index in [1.165, 1.54) is 23.1 Å². The molecule has 0 unspecified atom stereocenters. The molecule has 4 aromatic rings. The van der Waals surface area contributed by atoms with Gasteiger partial charge in [-0.2, -0.15) is 0 Å². The van der Waals surface area contributed by atoms with Crippen LogP contribution in [0.15, 0.2) is 76.4 Å². The van der Waals surface area contributed by atoms with Crippen LogP contribution in [0.25, 0.3) is 5.69 Å². The van der Waals surface area contributed by atoms with Gasteiger partial charge in [0.2, 0.25) is 5.16 Å². The summed E-state index contributed by atoms with van der Waals surface area (Å²) in [6.07, 6.45) is 1.67. The van der Waals surface area contributed by atoms with Crippen LogP contribution in [0, 0.1) is 0 Å². The highest BCUT2D eigenvalue weighted by Gasteiger charge is 2.25. The molecule has 2 heterocycles. The summed E-state index contributed by atoms with van der Waals surface area (Å²) in [4.78, 5) is 16.8. The van der Waals surface area contributed by atoms with Crippen molar-refractivity contribution >= 4 is 34.0 Å². The van der Waals surface area contributed by atoms with Crippen LogP contribution in [0.3, 0.4) is 0 Å². The second kappa shape index (κ2) is 8.41. The second-order valence-electron chi connectivity index (χ2n) is 7.64. The Bertz CT molecular complexity index is 1150. The highest BCUT2D eigenvalue weighted by Crippen LogP contribution is 2.36. The van der Waals surface area contributed by atoms with Crippen molar-refractivity contribution in [2.75, 3.05) is 5.32 Å². The SMILES string of the molecule is CC(C)(C)c1nnc(Sc2ncc(NC(=O)c3ccccc3)s2)n1-c1ccccc1. The Morgan fingerprint density at radius 1 is 1.00 bits per heavy atom. The third kappa shape index (κ3) is 4.44. The van der Waals surface area contributed by atoms with Gasteiger partial charge in [0.1, 0.15) is 10.8 Å². The maximum absolute atomic E-state index is 12.4. The van der Waals surface area contributed by atoms with Crippen molar-refractivity contribution in [1.82, 2.24) is 19.7 Å². The monoisotopic (exact) mass is 435 g/mol. The molecule has 8 heteroatoms. The van der Waals surface area contributed by atoms with E-state index in [-0.39, 0.29) is 11.3 Å². The molecule has 0 radical (unpaired) electrons. The summed E-state index contributed by atoms with van der Waals surface area (Å²) >= 11 is 2.85. The number of rotatable bonds is 5. The van der Waals surface area contributed by atoms with Crippen LogP contribution in [0.5, 0.6) is 0 Å². The van der Waals surface area contributed by atoms with Gasteiger partial charge in [-0.3, -0.25) is 9.36 Å². The lowest BCUT2D eigenvalue weighted by molar-refractivity contribution is 0.102. The maximum Gasteiger partial charge on any atom is 0.256 e. The Hall–Kier alpha value is -2.97. The smallest absolute Gasteiger partial charge is 0.256 e. The number of nitrogens with zero attached hydrogens (tertiary/aromatic N) is 4. The van der Waals surface area contributed by atoms with Gasteiger partial charge in [0.25, 0.3) is 5.91 Å². The van der Waals surface area contributed by atoms with Crippen LogP contribution in [-0.4, -0.2) is 25.7 Å². The zero-order chi connectivity index (χ0) is 21.1. The first-order valence-corrected chi connectivity index (χ1v) is 11.1. The molecule has 0 aliphatic heterocycles. The molecule has 4 rings (SSSR count). The Labute approximate surface area is 183 Å². The minimum atomic E-state index is -0.167. The largest absolute Gasteiger partial charge is 0.312 e. The number of para-hydroxylation sites is 1. The quantitative estimate of drug-likeness (QED) is 0.453. The van der Waals surface area contributed by atoms with Crippen molar-refractivity contribution in [1.29, 1.82) is 0 Å². The van der Waals surface area contributed by atoms with Gasteiger partial charge in [0.05, 0.1) is 6.20 Å². The number of benzene rings is 2. The van der Waals surface area contributed by atoms with Crippen LogP contribution < -0.4 is 5.32 Å². The number of carbonyl (C=O) groups is 1. The normalized spacial score (nSPS) is 11.4. The number of carbonyl (C=O) groups excluding carboxylic acids is 1. The molecule has 30 heavy (non-hydrogen) atoms. The van der Waals surface area contributed by atoms with E-state index in [2.05, 4.69) is 45.8 Å². The molecule has 0 fully saturated rings. The van der Waals surface area contributed by atoms with E-state index in [4.69, 9.17) is 0 Å². The van der Waals surface area contributed by atoms with Gasteiger partial charge in [-0.1, -0.05) is 68.5 Å². The van der Waals surface area contributed by atoms with Crippen LogP contribution >= 0.6 is 23.1 Å². The number of nitrogens with one attached hydrogen (secondary N) is 1. The molecule has 1 amide bonds. The molecule has 1 N–H and O–H groups in total. The molecular formula is C22H21N5OS2. The van der Waals surface area contributed by atoms with E-state index in [0.29, 0.717) is 10.6 Å². The fourth-order valence-corrected chi connectivity index (χ4v) is 4.67. The van der Waals surface area contributed by atoms with Gasteiger partial charge >= 0.3 is 0 Å². The van der Waals surface area contributed by atoms with Crippen molar-refractivity contribution in [3.63, 3.8) is 0 Å². The number of hydrogen-bond acceptors (Lipinski definition) is 6. The standard InChI is InChI=1S/C22H21N5OS2/c1-22(2,3)19-25-26-20(27(19)16-12-8-5-9-13-16)30-21-23-14-17(29-21)24-18(28)15-10-6-4-7-11-15/h4-14H,1-3H3,(H,24,28). The fraction of sp³-hybridized carbons (Fsp3) is 0.182. The maximum atomic E-state index is 12.4. The molecule has 0 atom stereocenters.